The van der Waals surface area contributed by atoms with Crippen molar-refractivity contribution >= 4 is 39.7 Å². The van der Waals surface area contributed by atoms with E-state index in [2.05, 4.69) is 20.1 Å². The van der Waals surface area contributed by atoms with Gasteiger partial charge in [0.05, 0.1) is 12.0 Å². The van der Waals surface area contributed by atoms with Gasteiger partial charge in [-0.3, -0.25) is 9.59 Å². The number of hydrogen-bond donors (Lipinski definition) is 1. The number of rotatable bonds is 5. The summed E-state index contributed by atoms with van der Waals surface area (Å²) in [4.78, 5) is 41.3. The Morgan fingerprint density at radius 2 is 2.12 bits per heavy atom. The van der Waals surface area contributed by atoms with E-state index in [0.29, 0.717) is 10.6 Å². The molecule has 3 rings (SSSR count). The maximum atomic E-state index is 12.2. The van der Waals surface area contributed by atoms with E-state index in [1.54, 1.807) is 13.0 Å². The predicted molar refractivity (Wildman–Crippen MR) is 98.6 cm³/mol. The van der Waals surface area contributed by atoms with Crippen LogP contribution in [0.1, 0.15) is 15.4 Å². The van der Waals surface area contributed by atoms with Crippen molar-refractivity contribution in [2.75, 3.05) is 12.4 Å². The Bertz CT molecular complexity index is 1010. The number of aryl methyl sites for hydroxylation is 1. The molecule has 0 saturated heterocycles. The normalized spacial score (nSPS) is 10.5. The molecule has 0 fully saturated rings. The summed E-state index contributed by atoms with van der Waals surface area (Å²) >= 11 is 2.64. The molecule has 8 nitrogen and oxygen atoms in total. The highest BCUT2D eigenvalue weighted by atomic mass is 32.1. The van der Waals surface area contributed by atoms with Crippen molar-refractivity contribution in [3.63, 3.8) is 0 Å². The number of carbonyl (C=O) groups is 2. The van der Waals surface area contributed by atoms with Gasteiger partial charge >= 0.3 is 5.97 Å². The average Bonchev–Trinajstić information content (AvgIpc) is 3.26. The maximum Gasteiger partial charge on any atom is 0.357 e. The number of thiazole rings is 1. The van der Waals surface area contributed by atoms with E-state index in [9.17, 15) is 14.4 Å². The lowest BCUT2D eigenvalue weighted by Gasteiger charge is -2.06. The summed E-state index contributed by atoms with van der Waals surface area (Å²) in [5.41, 5.74) is 0.388. The molecule has 0 atom stereocenters. The zero-order valence-corrected chi connectivity index (χ0v) is 15.5. The molecular weight excluding hydrogens is 376 g/mol. The zero-order chi connectivity index (χ0) is 18.7. The Kier molecular flexibility index (Phi) is 5.24. The molecule has 10 heteroatoms. The minimum atomic E-state index is -0.569. The highest BCUT2D eigenvalue weighted by Crippen LogP contribution is 2.23. The van der Waals surface area contributed by atoms with Gasteiger partial charge < -0.3 is 10.1 Å². The van der Waals surface area contributed by atoms with E-state index < -0.39 is 11.9 Å². The molecule has 0 aliphatic heterocycles. The van der Waals surface area contributed by atoms with Crippen molar-refractivity contribution in [1.82, 2.24) is 14.8 Å². The van der Waals surface area contributed by atoms with Gasteiger partial charge in [0.1, 0.15) is 12.2 Å². The third-order valence-electron chi connectivity index (χ3n) is 3.36. The first kappa shape index (κ1) is 18.0. The number of esters is 1. The molecule has 3 aromatic rings. The molecule has 0 saturated carbocycles. The minimum Gasteiger partial charge on any atom is -0.464 e. The summed E-state index contributed by atoms with van der Waals surface area (Å²) in [5, 5.41) is 8.96. The van der Waals surface area contributed by atoms with E-state index >= 15 is 0 Å². The summed E-state index contributed by atoms with van der Waals surface area (Å²) in [6, 6.07) is 6.76. The fraction of sp³-hybridized carbons (Fsp3) is 0.188. The lowest BCUT2D eigenvalue weighted by molar-refractivity contribution is -0.117. The van der Waals surface area contributed by atoms with Crippen LogP contribution in [0, 0.1) is 6.92 Å². The molecule has 1 N–H and O–H groups in total. The molecule has 0 radical (unpaired) electrons. The van der Waals surface area contributed by atoms with Crippen LogP contribution >= 0.6 is 22.7 Å². The fourth-order valence-electron chi connectivity index (χ4n) is 2.15. The van der Waals surface area contributed by atoms with Crippen LogP contribution in [0.5, 0.6) is 0 Å². The van der Waals surface area contributed by atoms with Gasteiger partial charge in [0.2, 0.25) is 5.91 Å². The monoisotopic (exact) mass is 390 g/mol. The van der Waals surface area contributed by atoms with Gasteiger partial charge in [0.15, 0.2) is 10.8 Å². The largest absolute Gasteiger partial charge is 0.464 e. The van der Waals surface area contributed by atoms with Crippen LogP contribution in [0.2, 0.25) is 0 Å². The number of hydrogen-bond acceptors (Lipinski definition) is 8. The fourth-order valence-corrected chi connectivity index (χ4v) is 3.66. The van der Waals surface area contributed by atoms with Gasteiger partial charge in [-0.25, -0.2) is 14.5 Å². The molecule has 0 unspecified atom stereocenters. The lowest BCUT2D eigenvalue weighted by Crippen LogP contribution is -2.29. The van der Waals surface area contributed by atoms with E-state index in [0.717, 1.165) is 20.9 Å². The first-order valence-electron chi connectivity index (χ1n) is 7.45. The Labute approximate surface area is 156 Å². The number of nitrogens with one attached hydrogen (secondary N) is 1. The average molecular weight is 390 g/mol. The number of anilines is 1. The Balaban J connectivity index is 1.75. The van der Waals surface area contributed by atoms with Crippen LogP contribution in [0.4, 0.5) is 5.13 Å². The highest BCUT2D eigenvalue weighted by molar-refractivity contribution is 7.16. The summed E-state index contributed by atoms with van der Waals surface area (Å²) in [7, 11) is 1.26. The third kappa shape index (κ3) is 3.86. The predicted octanol–water partition coefficient (Wildman–Crippen LogP) is 2.16. The van der Waals surface area contributed by atoms with Crippen molar-refractivity contribution in [1.29, 1.82) is 0 Å². The van der Waals surface area contributed by atoms with E-state index in [-0.39, 0.29) is 22.9 Å². The van der Waals surface area contributed by atoms with E-state index in [1.807, 2.05) is 17.5 Å². The van der Waals surface area contributed by atoms with Crippen molar-refractivity contribution in [3.8, 4) is 10.6 Å². The Morgan fingerprint density at radius 1 is 1.31 bits per heavy atom. The zero-order valence-electron chi connectivity index (χ0n) is 13.9. The van der Waals surface area contributed by atoms with Crippen molar-refractivity contribution in [2.45, 2.75) is 13.5 Å². The number of carbonyl (C=O) groups excluding carboxylic acids is 2. The molecule has 0 bridgehead atoms. The molecule has 3 aromatic heterocycles. The summed E-state index contributed by atoms with van der Waals surface area (Å²) in [6.45, 7) is 1.44. The van der Waals surface area contributed by atoms with Crippen molar-refractivity contribution in [2.24, 2.45) is 0 Å². The van der Waals surface area contributed by atoms with Gasteiger partial charge in [0.25, 0.3) is 5.56 Å². The minimum absolute atomic E-state index is 0.155. The topological polar surface area (TPSA) is 103 Å². The van der Waals surface area contributed by atoms with Crippen molar-refractivity contribution < 1.29 is 14.3 Å². The number of aromatic nitrogens is 3. The first-order chi connectivity index (χ1) is 12.5. The number of thiophene rings is 1. The summed E-state index contributed by atoms with van der Waals surface area (Å²) in [5.74, 6) is -1.03. The van der Waals surface area contributed by atoms with Crippen LogP contribution in [0.25, 0.3) is 10.6 Å². The number of methoxy groups -OCH3 is 1. The van der Waals surface area contributed by atoms with Gasteiger partial charge in [0, 0.05) is 10.9 Å². The van der Waals surface area contributed by atoms with Crippen LogP contribution < -0.4 is 10.9 Å². The molecule has 3 heterocycles. The number of ether oxygens (including phenoxy) is 1. The number of nitrogens with zero attached hydrogens (tertiary/aromatic N) is 3. The quantitative estimate of drug-likeness (QED) is 0.670. The van der Waals surface area contributed by atoms with Crippen molar-refractivity contribution in [3.05, 3.63) is 50.6 Å². The second-order valence-electron chi connectivity index (χ2n) is 5.16. The second-order valence-corrected chi connectivity index (χ2v) is 7.31. The van der Waals surface area contributed by atoms with Crippen LogP contribution in [0.15, 0.2) is 34.4 Å². The Morgan fingerprint density at radius 3 is 2.81 bits per heavy atom. The van der Waals surface area contributed by atoms with E-state index in [4.69, 9.17) is 0 Å². The Hall–Kier alpha value is -2.85. The van der Waals surface area contributed by atoms with E-state index in [1.165, 1.54) is 24.5 Å². The summed E-state index contributed by atoms with van der Waals surface area (Å²) < 4.78 is 5.72. The highest BCUT2D eigenvalue weighted by Gasteiger charge is 2.17. The standard InChI is InChI=1S/C16H14N4O4S2/c1-9-14(15(23)24-2)18-16(26-9)17-12(21)8-20-13(22)6-5-10(19-20)11-4-3-7-25-11/h3-7H,8H2,1-2H3,(H,17,18,21). The molecule has 0 aliphatic carbocycles. The van der Waals surface area contributed by atoms with Gasteiger partial charge in [-0.2, -0.15) is 5.10 Å². The van der Waals surface area contributed by atoms with Gasteiger partial charge in [-0.15, -0.1) is 22.7 Å². The lowest BCUT2D eigenvalue weighted by atomic mass is 10.3. The van der Waals surface area contributed by atoms with Crippen LogP contribution in [0.3, 0.4) is 0 Å². The molecular formula is C16H14N4O4S2. The second kappa shape index (κ2) is 7.58. The third-order valence-corrected chi connectivity index (χ3v) is 5.13. The van der Waals surface area contributed by atoms with Crippen LogP contribution in [-0.4, -0.2) is 33.8 Å². The van der Waals surface area contributed by atoms with Gasteiger partial charge in [-0.05, 0) is 24.4 Å². The molecule has 1 amide bonds. The smallest absolute Gasteiger partial charge is 0.357 e. The summed E-state index contributed by atoms with van der Waals surface area (Å²) in [6.07, 6.45) is 0. The van der Waals surface area contributed by atoms with Gasteiger partial charge in [-0.1, -0.05) is 6.07 Å². The molecule has 26 heavy (non-hydrogen) atoms. The molecule has 0 aliphatic rings. The SMILES string of the molecule is COC(=O)c1nc(NC(=O)Cn2nc(-c3cccs3)ccc2=O)sc1C. The molecule has 0 aromatic carbocycles. The maximum absolute atomic E-state index is 12.2. The molecule has 134 valence electrons. The molecule has 0 spiro atoms. The van der Waals surface area contributed by atoms with Crippen LogP contribution in [-0.2, 0) is 16.1 Å². The first-order valence-corrected chi connectivity index (χ1v) is 9.15. The number of amides is 1.